The lowest BCUT2D eigenvalue weighted by atomic mass is 10.1. The molecule has 0 unspecified atom stereocenters. The average Bonchev–Trinajstić information content (AvgIpc) is 2.95. The largest absolute Gasteiger partial charge is 0.381 e. The number of nitrogen functional groups attached to an aromatic ring is 1. The van der Waals surface area contributed by atoms with E-state index in [4.69, 9.17) is 15.4 Å². The molecule has 0 aliphatic carbocycles. The van der Waals surface area contributed by atoms with Crippen LogP contribution in [0.4, 0.5) is 21.6 Å². The van der Waals surface area contributed by atoms with Gasteiger partial charge in [0, 0.05) is 20.9 Å². The molecule has 3 rings (SSSR count). The Bertz CT molecular complexity index is 1100. The molecule has 3 aromatic rings. The summed E-state index contributed by atoms with van der Waals surface area (Å²) < 4.78 is 43.8. The molecule has 5 N–H and O–H groups in total. The summed E-state index contributed by atoms with van der Waals surface area (Å²) in [7, 11) is -4.26. The van der Waals surface area contributed by atoms with E-state index in [0.29, 0.717) is 0 Å². The lowest BCUT2D eigenvalue weighted by Crippen LogP contribution is -2.14. The maximum Gasteiger partial charge on any atom is 0.240 e. The number of nitrogens with one attached hydrogen (secondary N) is 1. The molecule has 2 aromatic carbocycles. The van der Waals surface area contributed by atoms with Gasteiger partial charge in [0.15, 0.2) is 11.6 Å². The fourth-order valence-electron chi connectivity index (χ4n) is 2.41. The van der Waals surface area contributed by atoms with Gasteiger partial charge in [-0.1, -0.05) is 5.16 Å². The van der Waals surface area contributed by atoms with Crippen LogP contribution in [0.3, 0.4) is 0 Å². The SMILES string of the molecule is Cc1cc(I)ccc1Nc1cc(F)c(S(N)(=O)=O)cc1-c1cc(N)no1. The van der Waals surface area contributed by atoms with E-state index in [-0.39, 0.29) is 22.8 Å². The van der Waals surface area contributed by atoms with Crippen LogP contribution in [-0.4, -0.2) is 13.6 Å². The summed E-state index contributed by atoms with van der Waals surface area (Å²) in [4.78, 5) is -0.646. The van der Waals surface area contributed by atoms with Gasteiger partial charge in [-0.3, -0.25) is 0 Å². The predicted octanol–water partition coefficient (Wildman–Crippen LogP) is 3.37. The quantitative estimate of drug-likeness (QED) is 0.484. The van der Waals surface area contributed by atoms with Crippen LogP contribution in [-0.2, 0) is 10.0 Å². The number of anilines is 3. The maximum absolute atomic E-state index is 14.3. The highest BCUT2D eigenvalue weighted by Gasteiger charge is 2.21. The number of nitrogens with two attached hydrogens (primary N) is 2. The molecule has 0 bridgehead atoms. The molecule has 0 aliphatic heterocycles. The van der Waals surface area contributed by atoms with E-state index < -0.39 is 20.7 Å². The first-order valence-electron chi connectivity index (χ1n) is 7.27. The molecule has 0 aliphatic rings. The molecule has 26 heavy (non-hydrogen) atoms. The van der Waals surface area contributed by atoms with Crippen molar-refractivity contribution in [3.05, 3.63) is 51.3 Å². The number of sulfonamides is 1. The first-order chi connectivity index (χ1) is 12.1. The van der Waals surface area contributed by atoms with E-state index in [2.05, 4.69) is 33.1 Å². The molecule has 10 heteroatoms. The third-order valence-electron chi connectivity index (χ3n) is 3.63. The minimum absolute atomic E-state index is 0.109. The van der Waals surface area contributed by atoms with Crippen molar-refractivity contribution < 1.29 is 17.3 Å². The number of benzene rings is 2. The van der Waals surface area contributed by atoms with E-state index in [9.17, 15) is 12.8 Å². The van der Waals surface area contributed by atoms with Crippen LogP contribution >= 0.6 is 22.6 Å². The van der Waals surface area contributed by atoms with Crippen molar-refractivity contribution >= 4 is 49.8 Å². The number of rotatable bonds is 4. The molecule has 0 spiro atoms. The van der Waals surface area contributed by atoms with Crippen LogP contribution in [0.5, 0.6) is 0 Å². The zero-order valence-electron chi connectivity index (χ0n) is 13.5. The monoisotopic (exact) mass is 488 g/mol. The fraction of sp³-hybridized carbons (Fsp3) is 0.0625. The summed E-state index contributed by atoms with van der Waals surface area (Å²) in [6, 6.07) is 9.22. The molecule has 0 saturated carbocycles. The number of hydrogen-bond donors (Lipinski definition) is 3. The first-order valence-corrected chi connectivity index (χ1v) is 9.90. The van der Waals surface area contributed by atoms with Gasteiger partial charge in [0.1, 0.15) is 10.7 Å². The Morgan fingerprint density at radius 3 is 2.50 bits per heavy atom. The van der Waals surface area contributed by atoms with Gasteiger partial charge < -0.3 is 15.6 Å². The van der Waals surface area contributed by atoms with E-state index in [1.807, 2.05) is 25.1 Å². The predicted molar refractivity (Wildman–Crippen MR) is 105 cm³/mol. The molecule has 0 radical (unpaired) electrons. The molecule has 7 nitrogen and oxygen atoms in total. The summed E-state index contributed by atoms with van der Waals surface area (Å²) >= 11 is 2.18. The van der Waals surface area contributed by atoms with Crippen LogP contribution in [0.1, 0.15) is 5.56 Å². The van der Waals surface area contributed by atoms with Gasteiger partial charge in [-0.15, -0.1) is 0 Å². The minimum atomic E-state index is -4.26. The number of aromatic nitrogens is 1. The Morgan fingerprint density at radius 1 is 1.19 bits per heavy atom. The van der Waals surface area contributed by atoms with E-state index in [0.717, 1.165) is 27.0 Å². The van der Waals surface area contributed by atoms with Crippen LogP contribution in [0.25, 0.3) is 11.3 Å². The van der Waals surface area contributed by atoms with Crippen molar-refractivity contribution in [1.82, 2.24) is 5.16 Å². The number of nitrogens with zero attached hydrogens (tertiary/aromatic N) is 1. The minimum Gasteiger partial charge on any atom is -0.381 e. The van der Waals surface area contributed by atoms with Gasteiger partial charge in [-0.25, -0.2) is 17.9 Å². The van der Waals surface area contributed by atoms with Crippen molar-refractivity contribution in [2.75, 3.05) is 11.1 Å². The second kappa shape index (κ2) is 6.85. The van der Waals surface area contributed by atoms with Crippen molar-refractivity contribution in [3.8, 4) is 11.3 Å². The zero-order chi connectivity index (χ0) is 19.1. The highest BCUT2D eigenvalue weighted by Crippen LogP contribution is 2.35. The Labute approximate surface area is 162 Å². The molecule has 0 saturated heterocycles. The Morgan fingerprint density at radius 2 is 1.92 bits per heavy atom. The lowest BCUT2D eigenvalue weighted by Gasteiger charge is -2.14. The topological polar surface area (TPSA) is 124 Å². The van der Waals surface area contributed by atoms with E-state index in [1.165, 1.54) is 6.07 Å². The van der Waals surface area contributed by atoms with Gasteiger partial charge in [0.2, 0.25) is 10.0 Å². The normalized spacial score (nSPS) is 11.5. The van der Waals surface area contributed by atoms with Gasteiger partial charge >= 0.3 is 0 Å². The van der Waals surface area contributed by atoms with Crippen LogP contribution in [0, 0.1) is 16.3 Å². The molecule has 1 aromatic heterocycles. The van der Waals surface area contributed by atoms with Crippen LogP contribution in [0.2, 0.25) is 0 Å². The molecule has 0 amide bonds. The third kappa shape index (κ3) is 3.81. The Balaban J connectivity index is 2.18. The number of halogens is 2. The molecule has 0 fully saturated rings. The second-order valence-corrected chi connectivity index (χ2v) is 8.35. The first kappa shape index (κ1) is 18.6. The van der Waals surface area contributed by atoms with Gasteiger partial charge in [-0.2, -0.15) is 0 Å². The molecular formula is C16H14FIN4O3S. The summed E-state index contributed by atoms with van der Waals surface area (Å²) in [5, 5.41) is 11.8. The molecule has 0 atom stereocenters. The zero-order valence-corrected chi connectivity index (χ0v) is 16.4. The van der Waals surface area contributed by atoms with Crippen molar-refractivity contribution in [1.29, 1.82) is 0 Å². The molecular weight excluding hydrogens is 474 g/mol. The van der Waals surface area contributed by atoms with E-state index >= 15 is 0 Å². The fourth-order valence-corrected chi connectivity index (χ4v) is 3.67. The lowest BCUT2D eigenvalue weighted by molar-refractivity contribution is 0.435. The second-order valence-electron chi connectivity index (χ2n) is 5.57. The maximum atomic E-state index is 14.3. The van der Waals surface area contributed by atoms with E-state index in [1.54, 1.807) is 0 Å². The Kier molecular flexibility index (Phi) is 4.90. The molecule has 136 valence electrons. The van der Waals surface area contributed by atoms with Crippen molar-refractivity contribution in [3.63, 3.8) is 0 Å². The summed E-state index contributed by atoms with van der Waals surface area (Å²) in [6.07, 6.45) is 0. The average molecular weight is 488 g/mol. The van der Waals surface area contributed by atoms with Gasteiger partial charge in [0.05, 0.1) is 5.69 Å². The van der Waals surface area contributed by atoms with Gasteiger partial charge in [0.25, 0.3) is 0 Å². The number of aryl methyl sites for hydroxylation is 1. The van der Waals surface area contributed by atoms with Crippen molar-refractivity contribution in [2.45, 2.75) is 11.8 Å². The summed E-state index contributed by atoms with van der Waals surface area (Å²) in [5.74, 6) is -0.689. The smallest absolute Gasteiger partial charge is 0.240 e. The van der Waals surface area contributed by atoms with Crippen LogP contribution in [0.15, 0.2) is 45.8 Å². The van der Waals surface area contributed by atoms with Crippen molar-refractivity contribution in [2.24, 2.45) is 5.14 Å². The third-order valence-corrected chi connectivity index (χ3v) is 5.23. The highest BCUT2D eigenvalue weighted by molar-refractivity contribution is 14.1. The van der Waals surface area contributed by atoms with Crippen LogP contribution < -0.4 is 16.2 Å². The number of hydrogen-bond acceptors (Lipinski definition) is 6. The highest BCUT2D eigenvalue weighted by atomic mass is 127. The summed E-state index contributed by atoms with van der Waals surface area (Å²) in [6.45, 7) is 1.89. The number of primary sulfonamides is 1. The molecule has 1 heterocycles. The Hall–Kier alpha value is -2.18. The van der Waals surface area contributed by atoms with Gasteiger partial charge in [-0.05, 0) is 65.4 Å². The summed E-state index contributed by atoms with van der Waals surface area (Å²) in [5.41, 5.74) is 7.77. The standard InChI is InChI=1S/C16H14FIN4O3S/c1-8-4-9(18)2-3-12(8)21-13-6-11(17)15(26(20,23)24)5-10(13)14-7-16(19)22-25-14/h2-7,21H,1H3,(H2,19,22)(H2,20,23,24).